The van der Waals surface area contributed by atoms with Crippen molar-refractivity contribution in [3.63, 3.8) is 0 Å². The van der Waals surface area contributed by atoms with E-state index in [0.29, 0.717) is 24.4 Å². The summed E-state index contributed by atoms with van der Waals surface area (Å²) in [6.07, 6.45) is 4.56. The lowest BCUT2D eigenvalue weighted by Gasteiger charge is -2.34. The van der Waals surface area contributed by atoms with Gasteiger partial charge in [0.05, 0.1) is 23.6 Å². The Morgan fingerprint density at radius 2 is 1.94 bits per heavy atom. The van der Waals surface area contributed by atoms with Gasteiger partial charge in [-0.15, -0.1) is 0 Å². The minimum absolute atomic E-state index is 0.174. The van der Waals surface area contributed by atoms with Crippen LogP contribution in [-0.2, 0) is 4.74 Å². The molecule has 1 amide bonds. The molecule has 9 heteroatoms. The lowest BCUT2D eigenvalue weighted by atomic mass is 10.1. The van der Waals surface area contributed by atoms with Gasteiger partial charge in [0, 0.05) is 33.4 Å². The van der Waals surface area contributed by atoms with Gasteiger partial charge in [-0.3, -0.25) is 9.13 Å². The third-order valence-corrected chi connectivity index (χ3v) is 5.60. The van der Waals surface area contributed by atoms with Crippen molar-refractivity contribution >= 4 is 29.3 Å². The first-order valence-electron chi connectivity index (χ1n) is 11.5. The molecule has 0 N–H and O–H groups in total. The Kier molecular flexibility index (Phi) is 6.45. The van der Waals surface area contributed by atoms with Crippen LogP contribution in [0.2, 0.25) is 0 Å². The van der Waals surface area contributed by atoms with Gasteiger partial charge in [-0.25, -0.2) is 19.6 Å². The minimum atomic E-state index is -0.574. The molecule has 0 radical (unpaired) electrons. The highest BCUT2D eigenvalue weighted by Gasteiger charge is 2.31. The molecule has 0 aliphatic carbocycles. The minimum Gasteiger partial charge on any atom is -0.444 e. The van der Waals surface area contributed by atoms with Crippen LogP contribution in [0.5, 0.6) is 0 Å². The maximum Gasteiger partial charge on any atom is 0.410 e. The van der Waals surface area contributed by atoms with Crippen LogP contribution in [0.15, 0.2) is 52.4 Å². The molecule has 180 valence electrons. The number of fused-ring (bicyclic) bond motifs is 1. The lowest BCUT2D eigenvalue weighted by Crippen LogP contribution is -2.45. The van der Waals surface area contributed by atoms with E-state index in [2.05, 4.69) is 9.98 Å². The van der Waals surface area contributed by atoms with E-state index >= 15 is 0 Å². The summed E-state index contributed by atoms with van der Waals surface area (Å²) in [6, 6.07) is 11.2. The number of para-hydroxylation sites is 1. The highest BCUT2D eigenvalue weighted by molar-refractivity contribution is 5.88. The SMILES string of the molecule is CN(C)/C=N/c1nccc2c1n(-c1ccccc1)c(=O)n2[C@@H]1CCCN(C(=O)OC(C)(C)C)C1. The van der Waals surface area contributed by atoms with Crippen molar-refractivity contribution in [1.82, 2.24) is 23.9 Å². The molecule has 1 fully saturated rings. The molecule has 1 saturated heterocycles. The first kappa shape index (κ1) is 23.5. The molecule has 9 nitrogen and oxygen atoms in total. The predicted octanol–water partition coefficient (Wildman–Crippen LogP) is 3.98. The molecule has 3 aromatic rings. The maximum absolute atomic E-state index is 13.9. The number of amides is 1. The Bertz CT molecular complexity index is 1250. The Balaban J connectivity index is 1.84. The fraction of sp³-hybridized carbons (Fsp3) is 0.440. The maximum atomic E-state index is 13.9. The Labute approximate surface area is 199 Å². The lowest BCUT2D eigenvalue weighted by molar-refractivity contribution is 0.0173. The average molecular weight is 465 g/mol. The van der Waals surface area contributed by atoms with Gasteiger partial charge in [-0.1, -0.05) is 18.2 Å². The largest absolute Gasteiger partial charge is 0.444 e. The number of carbonyl (C=O) groups is 1. The normalized spacial score (nSPS) is 16.9. The van der Waals surface area contributed by atoms with Gasteiger partial charge < -0.3 is 14.5 Å². The van der Waals surface area contributed by atoms with E-state index < -0.39 is 5.60 Å². The molecular weight excluding hydrogens is 432 g/mol. The molecule has 34 heavy (non-hydrogen) atoms. The van der Waals surface area contributed by atoms with Crippen molar-refractivity contribution in [3.8, 4) is 5.69 Å². The number of hydrogen-bond acceptors (Lipinski definition) is 5. The number of carbonyl (C=O) groups excluding carboxylic acids is 1. The number of piperidine rings is 1. The van der Waals surface area contributed by atoms with E-state index in [9.17, 15) is 9.59 Å². The van der Waals surface area contributed by atoms with Crippen LogP contribution in [-0.4, -0.2) is 69.1 Å². The molecule has 3 heterocycles. The van der Waals surface area contributed by atoms with Crippen molar-refractivity contribution in [1.29, 1.82) is 0 Å². The Morgan fingerprint density at radius 1 is 1.21 bits per heavy atom. The second-order valence-electron chi connectivity index (χ2n) is 9.76. The predicted molar refractivity (Wildman–Crippen MR) is 133 cm³/mol. The summed E-state index contributed by atoms with van der Waals surface area (Å²) in [4.78, 5) is 39.2. The third kappa shape index (κ3) is 4.83. The molecule has 1 aliphatic heterocycles. The Hall–Kier alpha value is -3.62. The topological polar surface area (TPSA) is 85.0 Å². The van der Waals surface area contributed by atoms with Crippen LogP contribution < -0.4 is 5.69 Å². The Morgan fingerprint density at radius 3 is 2.62 bits per heavy atom. The molecule has 0 unspecified atom stereocenters. The van der Waals surface area contributed by atoms with Crippen LogP contribution in [0.25, 0.3) is 16.7 Å². The van der Waals surface area contributed by atoms with Crippen LogP contribution >= 0.6 is 0 Å². The molecule has 0 bridgehead atoms. The van der Waals surface area contributed by atoms with E-state index in [1.54, 1.807) is 26.6 Å². The molecule has 0 saturated carbocycles. The molecule has 0 spiro atoms. The van der Waals surface area contributed by atoms with Crippen LogP contribution in [0, 0.1) is 0 Å². The number of aromatic nitrogens is 3. The molecular formula is C25H32N6O3. The van der Waals surface area contributed by atoms with Crippen molar-refractivity contribution in [2.45, 2.75) is 45.3 Å². The van der Waals surface area contributed by atoms with Crippen LogP contribution in [0.4, 0.5) is 10.6 Å². The zero-order chi connectivity index (χ0) is 24.5. The smallest absolute Gasteiger partial charge is 0.410 e. The van der Waals surface area contributed by atoms with Gasteiger partial charge in [0.1, 0.15) is 11.1 Å². The summed E-state index contributed by atoms with van der Waals surface area (Å²) in [5.74, 6) is 0.464. The number of hydrogen-bond donors (Lipinski definition) is 0. The number of benzene rings is 1. The van der Waals surface area contributed by atoms with E-state index in [-0.39, 0.29) is 17.8 Å². The zero-order valence-electron chi connectivity index (χ0n) is 20.4. The monoisotopic (exact) mass is 464 g/mol. The average Bonchev–Trinajstić information content (AvgIpc) is 3.09. The number of nitrogens with zero attached hydrogens (tertiary/aromatic N) is 6. The molecule has 1 atom stereocenters. The van der Waals surface area contributed by atoms with Gasteiger partial charge in [0.15, 0.2) is 5.82 Å². The van der Waals surface area contributed by atoms with Gasteiger partial charge in [-0.2, -0.15) is 0 Å². The molecule has 1 aromatic carbocycles. The highest BCUT2D eigenvalue weighted by atomic mass is 16.6. The second-order valence-corrected chi connectivity index (χ2v) is 9.76. The number of pyridine rings is 1. The quantitative estimate of drug-likeness (QED) is 0.431. The third-order valence-electron chi connectivity index (χ3n) is 5.60. The fourth-order valence-corrected chi connectivity index (χ4v) is 4.24. The van der Waals surface area contributed by atoms with Gasteiger partial charge >= 0.3 is 11.8 Å². The standard InChI is InChI=1S/C25H32N6O3/c1-25(2,3)34-24(33)29-15-9-12-19(16-29)30-20-13-14-26-22(27-17-28(4)5)21(20)31(23(30)32)18-10-7-6-8-11-18/h6-8,10-11,13-14,17,19H,9,12,15-16H2,1-5H3/b27-17+/t19-/m1/s1. The van der Waals surface area contributed by atoms with Gasteiger partial charge in [-0.05, 0) is 51.8 Å². The van der Waals surface area contributed by atoms with E-state index in [0.717, 1.165) is 24.0 Å². The summed E-state index contributed by atoms with van der Waals surface area (Å²) < 4.78 is 9.04. The number of aliphatic imine (C=N–C) groups is 1. The second kappa shape index (κ2) is 9.32. The number of ether oxygens (including phenoxy) is 1. The number of imidazole rings is 1. The van der Waals surface area contributed by atoms with E-state index in [1.807, 2.05) is 76.2 Å². The number of likely N-dealkylation sites (tertiary alicyclic amines) is 1. The zero-order valence-corrected chi connectivity index (χ0v) is 20.4. The summed E-state index contributed by atoms with van der Waals surface area (Å²) >= 11 is 0. The van der Waals surface area contributed by atoms with Gasteiger partial charge in [0.2, 0.25) is 0 Å². The first-order chi connectivity index (χ1) is 16.2. The molecule has 2 aromatic heterocycles. The van der Waals surface area contributed by atoms with Crippen molar-refractivity contribution < 1.29 is 9.53 Å². The summed E-state index contributed by atoms with van der Waals surface area (Å²) in [5.41, 5.74) is 1.38. The highest BCUT2D eigenvalue weighted by Crippen LogP contribution is 2.30. The van der Waals surface area contributed by atoms with E-state index in [1.165, 1.54) is 0 Å². The first-order valence-corrected chi connectivity index (χ1v) is 11.5. The molecule has 1 aliphatic rings. The van der Waals surface area contributed by atoms with Crippen molar-refractivity contribution in [2.75, 3.05) is 27.2 Å². The fourth-order valence-electron chi connectivity index (χ4n) is 4.24. The van der Waals surface area contributed by atoms with Crippen molar-refractivity contribution in [3.05, 3.63) is 53.1 Å². The summed E-state index contributed by atoms with van der Waals surface area (Å²) in [7, 11) is 3.76. The van der Waals surface area contributed by atoms with Crippen LogP contribution in [0.3, 0.4) is 0 Å². The number of rotatable bonds is 4. The van der Waals surface area contributed by atoms with E-state index in [4.69, 9.17) is 4.74 Å². The summed E-state index contributed by atoms with van der Waals surface area (Å²) in [5, 5.41) is 0. The molecule has 4 rings (SSSR count). The van der Waals surface area contributed by atoms with Crippen molar-refractivity contribution in [2.24, 2.45) is 4.99 Å². The summed E-state index contributed by atoms with van der Waals surface area (Å²) in [6.45, 7) is 6.58. The van der Waals surface area contributed by atoms with Crippen LogP contribution in [0.1, 0.15) is 39.7 Å². The van der Waals surface area contributed by atoms with Gasteiger partial charge in [0.25, 0.3) is 0 Å².